The average molecular weight is 236 g/mol. The van der Waals surface area contributed by atoms with Crippen LogP contribution in [0.1, 0.15) is 57.6 Å². The highest BCUT2D eigenvalue weighted by Crippen LogP contribution is 2.27. The third-order valence-electron chi connectivity index (χ3n) is 2.85. The highest BCUT2D eigenvalue weighted by molar-refractivity contribution is 5.35. The number of rotatable bonds is 8. The third kappa shape index (κ3) is 4.78. The van der Waals surface area contributed by atoms with Crippen molar-refractivity contribution in [1.82, 2.24) is 0 Å². The fourth-order valence-corrected chi connectivity index (χ4v) is 1.85. The van der Waals surface area contributed by atoms with Crippen LogP contribution in [0.3, 0.4) is 0 Å². The van der Waals surface area contributed by atoms with Crippen molar-refractivity contribution in [2.24, 2.45) is 0 Å². The summed E-state index contributed by atoms with van der Waals surface area (Å²) in [4.78, 5) is 0. The molecule has 0 amide bonds. The maximum absolute atomic E-state index is 10.0. The van der Waals surface area contributed by atoms with E-state index in [9.17, 15) is 5.11 Å². The van der Waals surface area contributed by atoms with Crippen molar-refractivity contribution in [3.05, 3.63) is 29.8 Å². The molecule has 1 rings (SSSR count). The standard InChI is InChI=1S/C15H24O2/c1-3-5-8-12-17-15-11-7-6-10-13(15)14(16)9-4-2/h6-7,10-11,14,16H,3-5,8-9,12H2,1-2H3. The van der Waals surface area contributed by atoms with Gasteiger partial charge in [-0.05, 0) is 18.9 Å². The molecule has 0 saturated heterocycles. The van der Waals surface area contributed by atoms with Crippen molar-refractivity contribution in [3.63, 3.8) is 0 Å². The van der Waals surface area contributed by atoms with Crippen LogP contribution in [0.4, 0.5) is 0 Å². The highest BCUT2D eigenvalue weighted by Gasteiger charge is 2.11. The molecule has 0 aliphatic carbocycles. The van der Waals surface area contributed by atoms with Crippen molar-refractivity contribution in [3.8, 4) is 5.75 Å². The summed E-state index contributed by atoms with van der Waals surface area (Å²) in [6.45, 7) is 5.00. The first kappa shape index (κ1) is 14.0. The zero-order valence-electron chi connectivity index (χ0n) is 11.0. The minimum atomic E-state index is -0.401. The van der Waals surface area contributed by atoms with Crippen molar-refractivity contribution in [1.29, 1.82) is 0 Å². The average Bonchev–Trinajstić information content (AvgIpc) is 2.35. The van der Waals surface area contributed by atoms with Gasteiger partial charge in [-0.1, -0.05) is 51.3 Å². The number of benzene rings is 1. The molecule has 1 aromatic rings. The molecule has 0 aliphatic heterocycles. The predicted octanol–water partition coefficient (Wildman–Crippen LogP) is 4.09. The second-order valence-corrected chi connectivity index (χ2v) is 4.40. The van der Waals surface area contributed by atoms with E-state index >= 15 is 0 Å². The van der Waals surface area contributed by atoms with Crippen molar-refractivity contribution >= 4 is 0 Å². The van der Waals surface area contributed by atoms with E-state index in [2.05, 4.69) is 13.8 Å². The van der Waals surface area contributed by atoms with Gasteiger partial charge in [-0.2, -0.15) is 0 Å². The van der Waals surface area contributed by atoms with Gasteiger partial charge in [-0.15, -0.1) is 0 Å². The van der Waals surface area contributed by atoms with Gasteiger partial charge in [-0.3, -0.25) is 0 Å². The molecule has 0 heterocycles. The van der Waals surface area contributed by atoms with E-state index in [-0.39, 0.29) is 0 Å². The van der Waals surface area contributed by atoms with Crippen molar-refractivity contribution < 1.29 is 9.84 Å². The molecule has 0 aliphatic rings. The quantitative estimate of drug-likeness (QED) is 0.689. The highest BCUT2D eigenvalue weighted by atomic mass is 16.5. The van der Waals surface area contributed by atoms with Crippen LogP contribution in [0.5, 0.6) is 5.75 Å². The van der Waals surface area contributed by atoms with Gasteiger partial charge < -0.3 is 9.84 Å². The van der Waals surface area contributed by atoms with Crippen LogP contribution >= 0.6 is 0 Å². The topological polar surface area (TPSA) is 29.5 Å². The number of aliphatic hydroxyl groups excluding tert-OH is 1. The number of ether oxygens (including phenoxy) is 1. The lowest BCUT2D eigenvalue weighted by atomic mass is 10.0. The number of hydrogen-bond acceptors (Lipinski definition) is 2. The zero-order valence-corrected chi connectivity index (χ0v) is 11.0. The first-order chi connectivity index (χ1) is 8.29. The SMILES string of the molecule is CCCCCOc1ccccc1C(O)CCC. The second kappa shape index (κ2) is 8.13. The molecule has 0 bridgehead atoms. The van der Waals surface area contributed by atoms with E-state index in [1.165, 1.54) is 12.8 Å². The second-order valence-electron chi connectivity index (χ2n) is 4.40. The van der Waals surface area contributed by atoms with Gasteiger partial charge in [-0.25, -0.2) is 0 Å². The Morgan fingerprint density at radius 3 is 2.59 bits per heavy atom. The van der Waals surface area contributed by atoms with E-state index < -0.39 is 6.10 Å². The van der Waals surface area contributed by atoms with E-state index in [0.717, 1.165) is 37.2 Å². The smallest absolute Gasteiger partial charge is 0.125 e. The molecule has 0 saturated carbocycles. The van der Waals surface area contributed by atoms with Gasteiger partial charge in [0.1, 0.15) is 5.75 Å². The van der Waals surface area contributed by atoms with Gasteiger partial charge >= 0.3 is 0 Å². The molecule has 2 nitrogen and oxygen atoms in total. The summed E-state index contributed by atoms with van der Waals surface area (Å²) in [6, 6.07) is 7.81. The fourth-order valence-electron chi connectivity index (χ4n) is 1.85. The molecule has 1 N–H and O–H groups in total. The first-order valence-corrected chi connectivity index (χ1v) is 6.69. The molecule has 0 aromatic heterocycles. The molecule has 0 spiro atoms. The van der Waals surface area contributed by atoms with Gasteiger partial charge in [0, 0.05) is 5.56 Å². The van der Waals surface area contributed by atoms with Crippen molar-refractivity contribution in [2.75, 3.05) is 6.61 Å². The first-order valence-electron chi connectivity index (χ1n) is 6.69. The van der Waals surface area contributed by atoms with E-state index in [1.807, 2.05) is 24.3 Å². The Kier molecular flexibility index (Phi) is 6.71. The number of hydrogen-bond donors (Lipinski definition) is 1. The van der Waals surface area contributed by atoms with E-state index in [1.54, 1.807) is 0 Å². The van der Waals surface area contributed by atoms with Crippen LogP contribution in [0.2, 0.25) is 0 Å². The largest absolute Gasteiger partial charge is 0.493 e. The van der Waals surface area contributed by atoms with Crippen LogP contribution < -0.4 is 4.74 Å². The van der Waals surface area contributed by atoms with Crippen LogP contribution in [0.25, 0.3) is 0 Å². The Hall–Kier alpha value is -1.02. The Morgan fingerprint density at radius 2 is 1.88 bits per heavy atom. The Labute approximate surface area is 105 Å². The van der Waals surface area contributed by atoms with Gasteiger partial charge in [0.05, 0.1) is 12.7 Å². The Morgan fingerprint density at radius 1 is 1.12 bits per heavy atom. The molecule has 2 heteroatoms. The number of aliphatic hydroxyl groups is 1. The summed E-state index contributed by atoms with van der Waals surface area (Å²) in [5.74, 6) is 0.838. The summed E-state index contributed by atoms with van der Waals surface area (Å²) in [7, 11) is 0. The van der Waals surface area contributed by atoms with E-state index in [0.29, 0.717) is 0 Å². The molecule has 96 valence electrons. The van der Waals surface area contributed by atoms with Gasteiger partial charge in [0.15, 0.2) is 0 Å². The number of para-hydroxylation sites is 1. The molecule has 1 unspecified atom stereocenters. The molecule has 0 radical (unpaired) electrons. The molecular formula is C15H24O2. The fraction of sp³-hybridized carbons (Fsp3) is 0.600. The maximum Gasteiger partial charge on any atom is 0.125 e. The zero-order chi connectivity index (χ0) is 12.5. The minimum absolute atomic E-state index is 0.401. The lowest BCUT2D eigenvalue weighted by molar-refractivity contribution is 0.160. The van der Waals surface area contributed by atoms with E-state index in [4.69, 9.17) is 4.74 Å². The molecule has 0 fully saturated rings. The molecule has 17 heavy (non-hydrogen) atoms. The van der Waals surface area contributed by atoms with Gasteiger partial charge in [0.25, 0.3) is 0 Å². The predicted molar refractivity (Wildman–Crippen MR) is 71.3 cm³/mol. The normalized spacial score (nSPS) is 12.4. The maximum atomic E-state index is 10.0. The lowest BCUT2D eigenvalue weighted by Gasteiger charge is -2.15. The lowest BCUT2D eigenvalue weighted by Crippen LogP contribution is -2.04. The minimum Gasteiger partial charge on any atom is -0.493 e. The monoisotopic (exact) mass is 236 g/mol. The van der Waals surface area contributed by atoms with Crippen LogP contribution in [-0.4, -0.2) is 11.7 Å². The Bertz CT molecular complexity index is 310. The summed E-state index contributed by atoms with van der Waals surface area (Å²) in [5.41, 5.74) is 0.922. The molecular weight excluding hydrogens is 212 g/mol. The Balaban J connectivity index is 2.57. The van der Waals surface area contributed by atoms with Crippen LogP contribution in [0, 0.1) is 0 Å². The van der Waals surface area contributed by atoms with Crippen molar-refractivity contribution in [2.45, 2.75) is 52.1 Å². The number of unbranched alkanes of at least 4 members (excludes halogenated alkanes) is 2. The van der Waals surface area contributed by atoms with Gasteiger partial charge in [0.2, 0.25) is 0 Å². The summed E-state index contributed by atoms with van der Waals surface area (Å²) < 4.78 is 5.75. The molecule has 1 aromatic carbocycles. The summed E-state index contributed by atoms with van der Waals surface area (Å²) in [6.07, 6.45) is 4.83. The summed E-state index contributed by atoms with van der Waals surface area (Å²) in [5, 5.41) is 10.0. The molecule has 1 atom stereocenters. The van der Waals surface area contributed by atoms with Crippen LogP contribution in [-0.2, 0) is 0 Å². The third-order valence-corrected chi connectivity index (χ3v) is 2.85. The van der Waals surface area contributed by atoms with Crippen LogP contribution in [0.15, 0.2) is 24.3 Å². The summed E-state index contributed by atoms with van der Waals surface area (Å²) >= 11 is 0.